The van der Waals surface area contributed by atoms with Gasteiger partial charge in [0.15, 0.2) is 0 Å². The predicted octanol–water partition coefficient (Wildman–Crippen LogP) is 2.49. The van der Waals surface area contributed by atoms with Crippen molar-refractivity contribution >= 4 is 10.0 Å². The van der Waals surface area contributed by atoms with Gasteiger partial charge in [0.2, 0.25) is 5.09 Å². The molecule has 1 aliphatic carbocycles. The highest BCUT2D eigenvalue weighted by atomic mass is 32.2. The molecule has 1 aromatic rings. The Morgan fingerprint density at radius 2 is 2.05 bits per heavy atom. The summed E-state index contributed by atoms with van der Waals surface area (Å²) < 4.78 is 32.5. The maximum atomic E-state index is 12.2. The average molecular weight is 314 g/mol. The summed E-state index contributed by atoms with van der Waals surface area (Å²) >= 11 is 0. The summed E-state index contributed by atoms with van der Waals surface area (Å²) in [5.41, 5.74) is 0.182. The van der Waals surface area contributed by atoms with Crippen LogP contribution >= 0.6 is 0 Å². The zero-order chi connectivity index (χ0) is 15.5. The topological polar surface area (TPSA) is 71.3 Å². The van der Waals surface area contributed by atoms with Crippen molar-refractivity contribution in [2.45, 2.75) is 51.7 Å². The van der Waals surface area contributed by atoms with E-state index in [1.165, 1.54) is 6.07 Å². The minimum Gasteiger partial charge on any atom is -0.447 e. The Bertz CT molecular complexity index is 559. The van der Waals surface area contributed by atoms with E-state index in [4.69, 9.17) is 4.42 Å². The molecule has 2 rings (SSSR count). The fourth-order valence-electron chi connectivity index (χ4n) is 2.23. The van der Waals surface area contributed by atoms with Crippen LogP contribution < -0.4 is 10.0 Å². The van der Waals surface area contributed by atoms with Gasteiger partial charge in [-0.15, -0.1) is 0 Å². The van der Waals surface area contributed by atoms with Gasteiger partial charge in [-0.3, -0.25) is 0 Å². The molecule has 1 fully saturated rings. The zero-order valence-electron chi connectivity index (χ0n) is 13.1. The van der Waals surface area contributed by atoms with Crippen molar-refractivity contribution < 1.29 is 12.8 Å². The minimum atomic E-state index is -3.53. The summed E-state index contributed by atoms with van der Waals surface area (Å²) in [6, 6.07) is 3.24. The summed E-state index contributed by atoms with van der Waals surface area (Å²) in [5.74, 6) is 1.20. The molecule has 0 unspecified atom stereocenters. The van der Waals surface area contributed by atoms with Gasteiger partial charge in [-0.25, -0.2) is 13.1 Å². The Balaban J connectivity index is 1.89. The SMILES string of the molecule is CCC1(CNS(=O)(=O)c2ccc(CNCC(C)C)o2)CC1. The molecule has 21 heavy (non-hydrogen) atoms. The molecule has 0 spiro atoms. The van der Waals surface area contributed by atoms with E-state index < -0.39 is 10.0 Å². The van der Waals surface area contributed by atoms with E-state index in [0.717, 1.165) is 25.8 Å². The fraction of sp³-hybridized carbons (Fsp3) is 0.733. The number of furan rings is 1. The third-order valence-electron chi connectivity index (χ3n) is 4.10. The monoisotopic (exact) mass is 314 g/mol. The fourth-order valence-corrected chi connectivity index (χ4v) is 3.34. The average Bonchev–Trinajstić information content (AvgIpc) is 3.06. The van der Waals surface area contributed by atoms with Crippen LogP contribution in [0, 0.1) is 11.3 Å². The van der Waals surface area contributed by atoms with Gasteiger partial charge in [0.05, 0.1) is 6.54 Å². The second kappa shape index (κ2) is 6.50. The van der Waals surface area contributed by atoms with Crippen molar-refractivity contribution in [3.8, 4) is 0 Å². The number of nitrogens with one attached hydrogen (secondary N) is 2. The molecule has 1 saturated carbocycles. The highest BCUT2D eigenvalue weighted by Gasteiger charge is 2.41. The van der Waals surface area contributed by atoms with E-state index >= 15 is 0 Å². The van der Waals surface area contributed by atoms with Crippen LogP contribution in [0.25, 0.3) is 0 Å². The Labute approximate surface area is 127 Å². The molecule has 0 aromatic carbocycles. The van der Waals surface area contributed by atoms with E-state index in [1.54, 1.807) is 6.07 Å². The van der Waals surface area contributed by atoms with Crippen LogP contribution in [0.3, 0.4) is 0 Å². The van der Waals surface area contributed by atoms with Crippen LogP contribution in [0.5, 0.6) is 0 Å². The van der Waals surface area contributed by atoms with Crippen LogP contribution in [0.2, 0.25) is 0 Å². The Morgan fingerprint density at radius 1 is 1.33 bits per heavy atom. The Kier molecular flexibility index (Phi) is 5.11. The van der Waals surface area contributed by atoms with Gasteiger partial charge in [0.25, 0.3) is 10.0 Å². The first-order chi connectivity index (χ1) is 9.87. The molecular formula is C15H26N2O3S. The molecular weight excluding hydrogens is 288 g/mol. The molecule has 0 radical (unpaired) electrons. The van der Waals surface area contributed by atoms with E-state index in [1.807, 2.05) is 0 Å². The maximum absolute atomic E-state index is 12.2. The molecule has 0 atom stereocenters. The van der Waals surface area contributed by atoms with Crippen LogP contribution in [-0.2, 0) is 16.6 Å². The normalized spacial score (nSPS) is 17.3. The van der Waals surface area contributed by atoms with Crippen molar-refractivity contribution in [1.82, 2.24) is 10.0 Å². The predicted molar refractivity (Wildman–Crippen MR) is 82.4 cm³/mol. The van der Waals surface area contributed by atoms with Gasteiger partial charge in [-0.2, -0.15) is 0 Å². The quantitative estimate of drug-likeness (QED) is 0.734. The van der Waals surface area contributed by atoms with E-state index in [0.29, 0.717) is 24.8 Å². The molecule has 0 amide bonds. The maximum Gasteiger partial charge on any atom is 0.273 e. The summed E-state index contributed by atoms with van der Waals surface area (Å²) in [6.07, 6.45) is 3.22. The van der Waals surface area contributed by atoms with Crippen molar-refractivity contribution in [2.24, 2.45) is 11.3 Å². The molecule has 120 valence electrons. The number of hydrogen-bond donors (Lipinski definition) is 2. The van der Waals surface area contributed by atoms with Crippen molar-refractivity contribution in [3.63, 3.8) is 0 Å². The van der Waals surface area contributed by atoms with Crippen molar-refractivity contribution in [2.75, 3.05) is 13.1 Å². The van der Waals surface area contributed by atoms with Gasteiger partial charge in [0, 0.05) is 6.54 Å². The van der Waals surface area contributed by atoms with Crippen LogP contribution in [0.15, 0.2) is 21.6 Å². The summed E-state index contributed by atoms with van der Waals surface area (Å²) in [7, 11) is -3.53. The molecule has 6 heteroatoms. The molecule has 1 aromatic heterocycles. The smallest absolute Gasteiger partial charge is 0.273 e. The van der Waals surface area contributed by atoms with Crippen molar-refractivity contribution in [3.05, 3.63) is 17.9 Å². The number of hydrogen-bond acceptors (Lipinski definition) is 4. The van der Waals surface area contributed by atoms with Crippen LogP contribution in [0.4, 0.5) is 0 Å². The van der Waals surface area contributed by atoms with Gasteiger partial charge < -0.3 is 9.73 Å². The zero-order valence-corrected chi connectivity index (χ0v) is 13.9. The minimum absolute atomic E-state index is 0.00995. The lowest BCUT2D eigenvalue weighted by molar-refractivity contribution is 0.391. The van der Waals surface area contributed by atoms with E-state index in [2.05, 4.69) is 30.8 Å². The van der Waals surface area contributed by atoms with Gasteiger partial charge >= 0.3 is 0 Å². The Morgan fingerprint density at radius 3 is 2.62 bits per heavy atom. The van der Waals surface area contributed by atoms with E-state index in [9.17, 15) is 8.42 Å². The summed E-state index contributed by atoms with van der Waals surface area (Å²) in [4.78, 5) is 0. The highest BCUT2D eigenvalue weighted by Crippen LogP contribution is 2.48. The highest BCUT2D eigenvalue weighted by molar-refractivity contribution is 7.89. The lowest BCUT2D eigenvalue weighted by Crippen LogP contribution is -2.29. The third-order valence-corrected chi connectivity index (χ3v) is 5.37. The molecule has 0 bridgehead atoms. The summed E-state index contributed by atoms with van der Waals surface area (Å²) in [5, 5.41) is 3.24. The van der Waals surface area contributed by atoms with Crippen LogP contribution in [0.1, 0.15) is 45.8 Å². The lowest BCUT2D eigenvalue weighted by Gasteiger charge is -2.12. The van der Waals surface area contributed by atoms with Gasteiger partial charge in [-0.1, -0.05) is 20.8 Å². The molecule has 5 nitrogen and oxygen atoms in total. The summed E-state index contributed by atoms with van der Waals surface area (Å²) in [6.45, 7) is 8.28. The van der Waals surface area contributed by atoms with Crippen molar-refractivity contribution in [1.29, 1.82) is 0 Å². The third kappa shape index (κ3) is 4.56. The number of sulfonamides is 1. The molecule has 2 N–H and O–H groups in total. The standard InChI is InChI=1S/C15H26N2O3S/c1-4-15(7-8-15)11-17-21(18,19)14-6-5-13(20-14)10-16-9-12(2)3/h5-6,12,16-17H,4,7-11H2,1-3H3. The molecule has 0 saturated heterocycles. The Hall–Kier alpha value is -0.850. The first kappa shape index (κ1) is 16.5. The second-order valence-corrected chi connectivity index (χ2v) is 8.12. The lowest BCUT2D eigenvalue weighted by atomic mass is 10.1. The van der Waals surface area contributed by atoms with Gasteiger partial charge in [0.1, 0.15) is 5.76 Å². The second-order valence-electron chi connectivity index (χ2n) is 6.42. The number of rotatable bonds is 9. The molecule has 0 aliphatic heterocycles. The first-order valence-electron chi connectivity index (χ1n) is 7.66. The van der Waals surface area contributed by atoms with Gasteiger partial charge in [-0.05, 0) is 49.3 Å². The van der Waals surface area contributed by atoms with E-state index in [-0.39, 0.29) is 10.5 Å². The largest absolute Gasteiger partial charge is 0.447 e. The molecule has 1 heterocycles. The molecule has 1 aliphatic rings. The first-order valence-corrected chi connectivity index (χ1v) is 9.14. The van der Waals surface area contributed by atoms with Crippen LogP contribution in [-0.4, -0.2) is 21.5 Å².